The van der Waals surface area contributed by atoms with Gasteiger partial charge in [0.15, 0.2) is 11.3 Å². The topological polar surface area (TPSA) is 90.7 Å². The van der Waals surface area contributed by atoms with Crippen molar-refractivity contribution < 1.29 is 0 Å². The molecule has 3 aromatic rings. The molecule has 0 spiro atoms. The second-order valence-corrected chi connectivity index (χ2v) is 4.15. The van der Waals surface area contributed by atoms with Gasteiger partial charge in [0.25, 0.3) is 0 Å². The van der Waals surface area contributed by atoms with Gasteiger partial charge in [-0.3, -0.25) is 4.98 Å². The molecule has 6 heteroatoms. The maximum Gasteiger partial charge on any atom is 0.174 e. The van der Waals surface area contributed by atoms with Crippen LogP contribution in [0.5, 0.6) is 0 Å². The molecule has 0 bridgehead atoms. The summed E-state index contributed by atoms with van der Waals surface area (Å²) in [6.45, 7) is 1.83. The molecular formula is C14H8N6. The third-order valence-corrected chi connectivity index (χ3v) is 3.03. The van der Waals surface area contributed by atoms with E-state index in [0.29, 0.717) is 22.5 Å². The fourth-order valence-corrected chi connectivity index (χ4v) is 2.11. The van der Waals surface area contributed by atoms with E-state index in [0.717, 1.165) is 5.69 Å². The summed E-state index contributed by atoms with van der Waals surface area (Å²) in [5.74, 6) is 0. The zero-order chi connectivity index (χ0) is 14.1. The Hall–Kier alpha value is -3.25. The molecule has 3 heterocycles. The molecule has 0 atom stereocenters. The first-order valence-corrected chi connectivity index (χ1v) is 5.86. The van der Waals surface area contributed by atoms with Crippen molar-refractivity contribution >= 4 is 5.65 Å². The largest absolute Gasteiger partial charge is 0.256 e. The van der Waals surface area contributed by atoms with Crippen LogP contribution in [0.25, 0.3) is 16.9 Å². The summed E-state index contributed by atoms with van der Waals surface area (Å²) in [5.41, 5.74) is 2.99. The van der Waals surface area contributed by atoms with Crippen LogP contribution in [0.15, 0.2) is 30.6 Å². The van der Waals surface area contributed by atoms with E-state index in [-0.39, 0.29) is 5.69 Å². The van der Waals surface area contributed by atoms with Crippen LogP contribution >= 0.6 is 0 Å². The van der Waals surface area contributed by atoms with Crippen LogP contribution in [-0.4, -0.2) is 19.6 Å². The number of nitrogens with zero attached hydrogens (tertiary/aromatic N) is 6. The molecule has 6 nitrogen and oxygen atoms in total. The lowest BCUT2D eigenvalue weighted by Gasteiger charge is -2.08. The summed E-state index contributed by atoms with van der Waals surface area (Å²) in [7, 11) is 0. The van der Waals surface area contributed by atoms with Gasteiger partial charge in [-0.1, -0.05) is 6.07 Å². The standard InChI is InChI=1S/C14H8N6/c1-9-13(11-4-2-3-5-17-11)12(7-16)19-14-10(6-15)8-18-20(9)14/h2-5,8H,1H3. The fraction of sp³-hybridized carbons (Fsp3) is 0.0714. The molecule has 0 saturated carbocycles. The number of fused-ring (bicyclic) bond motifs is 1. The Balaban J connectivity index is 2.42. The van der Waals surface area contributed by atoms with Gasteiger partial charge in [-0.2, -0.15) is 15.6 Å². The summed E-state index contributed by atoms with van der Waals surface area (Å²) >= 11 is 0. The van der Waals surface area contributed by atoms with Crippen molar-refractivity contribution in [2.45, 2.75) is 6.92 Å². The molecule has 20 heavy (non-hydrogen) atoms. The van der Waals surface area contributed by atoms with Crippen molar-refractivity contribution in [1.29, 1.82) is 10.5 Å². The van der Waals surface area contributed by atoms with Gasteiger partial charge < -0.3 is 0 Å². The molecule has 0 aliphatic heterocycles. The van der Waals surface area contributed by atoms with E-state index >= 15 is 0 Å². The second-order valence-electron chi connectivity index (χ2n) is 4.15. The zero-order valence-corrected chi connectivity index (χ0v) is 10.6. The molecule has 0 N–H and O–H groups in total. The molecule has 0 aromatic carbocycles. The normalized spacial score (nSPS) is 10.2. The maximum absolute atomic E-state index is 9.31. The molecule has 3 aromatic heterocycles. The van der Waals surface area contributed by atoms with E-state index in [1.165, 1.54) is 6.20 Å². The van der Waals surface area contributed by atoms with Crippen LogP contribution in [0, 0.1) is 29.6 Å². The van der Waals surface area contributed by atoms with Crippen molar-refractivity contribution in [3.8, 4) is 23.4 Å². The van der Waals surface area contributed by atoms with Crippen LogP contribution in [0.1, 0.15) is 17.0 Å². The molecule has 0 saturated heterocycles. The molecule has 3 rings (SSSR count). The lowest BCUT2D eigenvalue weighted by Crippen LogP contribution is -2.04. The predicted molar refractivity (Wildman–Crippen MR) is 70.4 cm³/mol. The van der Waals surface area contributed by atoms with Gasteiger partial charge in [-0.15, -0.1) is 0 Å². The Bertz CT molecular complexity index is 880. The minimum atomic E-state index is 0.241. The monoisotopic (exact) mass is 260 g/mol. The van der Waals surface area contributed by atoms with Gasteiger partial charge in [-0.05, 0) is 19.1 Å². The van der Waals surface area contributed by atoms with Crippen molar-refractivity contribution in [2.24, 2.45) is 0 Å². The van der Waals surface area contributed by atoms with E-state index in [1.807, 2.05) is 25.1 Å². The number of pyridine rings is 1. The smallest absolute Gasteiger partial charge is 0.174 e. The molecule has 94 valence electrons. The number of hydrogen-bond donors (Lipinski definition) is 0. The lowest BCUT2D eigenvalue weighted by molar-refractivity contribution is 0.892. The van der Waals surface area contributed by atoms with Crippen molar-refractivity contribution in [3.63, 3.8) is 0 Å². The highest BCUT2D eigenvalue weighted by atomic mass is 15.3. The van der Waals surface area contributed by atoms with Gasteiger partial charge >= 0.3 is 0 Å². The van der Waals surface area contributed by atoms with Gasteiger partial charge in [0.1, 0.15) is 17.7 Å². The minimum absolute atomic E-state index is 0.241. The Kier molecular flexibility index (Phi) is 2.63. The van der Waals surface area contributed by atoms with Gasteiger partial charge in [-0.25, -0.2) is 9.50 Å². The van der Waals surface area contributed by atoms with E-state index in [4.69, 9.17) is 5.26 Å². The summed E-state index contributed by atoms with van der Waals surface area (Å²) in [6, 6.07) is 9.54. The first-order chi connectivity index (χ1) is 9.76. The van der Waals surface area contributed by atoms with Crippen LogP contribution < -0.4 is 0 Å². The number of nitriles is 2. The average molecular weight is 260 g/mol. The summed E-state index contributed by atoms with van der Waals surface area (Å²) in [5, 5.41) is 22.5. The Morgan fingerprint density at radius 3 is 2.70 bits per heavy atom. The summed E-state index contributed by atoms with van der Waals surface area (Å²) in [4.78, 5) is 8.49. The minimum Gasteiger partial charge on any atom is -0.256 e. The van der Waals surface area contributed by atoms with Crippen molar-refractivity contribution in [2.75, 3.05) is 0 Å². The van der Waals surface area contributed by atoms with Crippen LogP contribution in [0.2, 0.25) is 0 Å². The van der Waals surface area contributed by atoms with Gasteiger partial charge in [0.2, 0.25) is 0 Å². The Labute approximate surface area is 114 Å². The lowest BCUT2D eigenvalue weighted by atomic mass is 10.1. The predicted octanol–water partition coefficient (Wildman–Crippen LogP) is 1.84. The molecule has 0 radical (unpaired) electrons. The molecule has 0 unspecified atom stereocenters. The zero-order valence-electron chi connectivity index (χ0n) is 10.6. The SMILES string of the molecule is Cc1c(-c2ccccn2)c(C#N)nc2c(C#N)cnn12. The molecule has 0 aliphatic carbocycles. The first kappa shape index (κ1) is 11.8. The molecular weight excluding hydrogens is 252 g/mol. The van der Waals surface area contributed by atoms with Crippen molar-refractivity contribution in [3.05, 3.63) is 47.5 Å². The number of aryl methyl sites for hydroxylation is 1. The highest BCUT2D eigenvalue weighted by Gasteiger charge is 2.17. The Morgan fingerprint density at radius 2 is 2.05 bits per heavy atom. The Morgan fingerprint density at radius 1 is 1.20 bits per heavy atom. The average Bonchev–Trinajstić information content (AvgIpc) is 2.91. The van der Waals surface area contributed by atoms with Gasteiger partial charge in [0.05, 0.1) is 23.1 Å². The van der Waals surface area contributed by atoms with Crippen LogP contribution in [0.3, 0.4) is 0 Å². The molecule has 0 aliphatic rings. The van der Waals surface area contributed by atoms with Crippen molar-refractivity contribution in [1.82, 2.24) is 19.6 Å². The molecule has 0 amide bonds. The van der Waals surface area contributed by atoms with Crippen LogP contribution in [0.4, 0.5) is 0 Å². The van der Waals surface area contributed by atoms with E-state index in [9.17, 15) is 5.26 Å². The second kappa shape index (κ2) is 4.45. The van der Waals surface area contributed by atoms with Gasteiger partial charge in [0, 0.05) is 6.20 Å². The maximum atomic E-state index is 9.31. The quantitative estimate of drug-likeness (QED) is 0.665. The third-order valence-electron chi connectivity index (χ3n) is 3.03. The van der Waals surface area contributed by atoms with E-state index < -0.39 is 0 Å². The highest BCUT2D eigenvalue weighted by molar-refractivity contribution is 5.71. The van der Waals surface area contributed by atoms with E-state index in [1.54, 1.807) is 16.8 Å². The number of aromatic nitrogens is 4. The summed E-state index contributed by atoms with van der Waals surface area (Å²) < 4.78 is 1.56. The number of rotatable bonds is 1. The van der Waals surface area contributed by atoms with E-state index in [2.05, 4.69) is 21.1 Å². The van der Waals surface area contributed by atoms with Crippen LogP contribution in [-0.2, 0) is 0 Å². The number of hydrogen-bond acceptors (Lipinski definition) is 5. The molecule has 0 fully saturated rings. The highest BCUT2D eigenvalue weighted by Crippen LogP contribution is 2.25. The third kappa shape index (κ3) is 1.60. The first-order valence-electron chi connectivity index (χ1n) is 5.86. The fourth-order valence-electron chi connectivity index (χ4n) is 2.11. The summed E-state index contributed by atoms with van der Waals surface area (Å²) in [6.07, 6.45) is 3.10.